The first kappa shape index (κ1) is 12.0. The summed E-state index contributed by atoms with van der Waals surface area (Å²) in [5.74, 6) is 0. The van der Waals surface area contributed by atoms with Crippen LogP contribution in [0.25, 0.3) is 0 Å². The van der Waals surface area contributed by atoms with Gasteiger partial charge in [0, 0.05) is 0 Å². The summed E-state index contributed by atoms with van der Waals surface area (Å²) in [6.07, 6.45) is 3.61. The highest BCUT2D eigenvalue weighted by Crippen LogP contribution is 2.28. The van der Waals surface area contributed by atoms with Crippen molar-refractivity contribution >= 4 is 36.4 Å². The molecule has 0 saturated carbocycles. The molecule has 0 bridgehead atoms. The second-order valence-electron chi connectivity index (χ2n) is 3.25. The molecule has 1 aromatic carbocycles. The van der Waals surface area contributed by atoms with Crippen LogP contribution in [0.2, 0.25) is 0 Å². The molecule has 0 aliphatic heterocycles. The van der Waals surface area contributed by atoms with E-state index >= 15 is 0 Å². The van der Waals surface area contributed by atoms with Gasteiger partial charge < -0.3 is 0 Å². The monoisotopic (exact) mass is 216 g/mol. The highest BCUT2D eigenvalue weighted by Gasteiger charge is 2.01. The summed E-state index contributed by atoms with van der Waals surface area (Å²) in [5.41, 5.74) is 3.27. The van der Waals surface area contributed by atoms with Crippen LogP contribution < -0.4 is 0 Å². The van der Waals surface area contributed by atoms with Crippen LogP contribution in [0.5, 0.6) is 0 Å². The van der Waals surface area contributed by atoms with Crippen molar-refractivity contribution in [3.8, 4) is 0 Å². The Labute approximate surface area is 93.7 Å². The number of hydrogen-bond donors (Lipinski definition) is 0. The van der Waals surface area contributed by atoms with E-state index in [1.807, 2.05) is 19.9 Å². The van der Waals surface area contributed by atoms with Gasteiger partial charge in [-0.3, -0.25) is 19.6 Å². The van der Waals surface area contributed by atoms with E-state index in [1.165, 1.54) is 12.4 Å². The Morgan fingerprint density at radius 3 is 1.69 bits per heavy atom. The highest BCUT2D eigenvalue weighted by atomic mass is 16.1. The summed E-state index contributed by atoms with van der Waals surface area (Å²) in [5, 5.41) is 0. The lowest BCUT2D eigenvalue weighted by Gasteiger charge is -2.04. The molecule has 0 aliphatic rings. The third kappa shape index (κ3) is 2.95. The Kier molecular flexibility index (Phi) is 4.27. The number of carbonyl (C=O) groups excluding carboxylic acids is 2. The summed E-state index contributed by atoms with van der Waals surface area (Å²) < 4.78 is 0. The van der Waals surface area contributed by atoms with Crippen molar-refractivity contribution in [2.75, 3.05) is 0 Å². The minimum atomic E-state index is 0.619. The first-order valence-corrected chi connectivity index (χ1v) is 4.76. The molecule has 0 atom stereocenters. The Hall–Kier alpha value is -2.10. The van der Waals surface area contributed by atoms with Crippen LogP contribution in [-0.2, 0) is 9.59 Å². The van der Waals surface area contributed by atoms with E-state index in [0.29, 0.717) is 23.9 Å². The first-order valence-electron chi connectivity index (χ1n) is 4.76. The van der Waals surface area contributed by atoms with E-state index in [-0.39, 0.29) is 0 Å². The Balaban J connectivity index is 3.20. The summed E-state index contributed by atoms with van der Waals surface area (Å²) >= 11 is 0. The molecule has 0 radical (unpaired) electrons. The highest BCUT2D eigenvalue weighted by molar-refractivity contribution is 6.14. The molecule has 1 aromatic rings. The Morgan fingerprint density at radius 2 is 1.31 bits per heavy atom. The second-order valence-corrected chi connectivity index (χ2v) is 3.25. The average molecular weight is 216 g/mol. The van der Waals surface area contributed by atoms with Crippen LogP contribution in [0.3, 0.4) is 0 Å². The maximum Gasteiger partial charge on any atom is 0.161 e. The predicted octanol–water partition coefficient (Wildman–Crippen LogP) is 2.11. The third-order valence-corrected chi connectivity index (χ3v) is 2.06. The number of nitrogens with zero attached hydrogens (tertiary/aromatic N) is 2. The van der Waals surface area contributed by atoms with Gasteiger partial charge in [0.2, 0.25) is 0 Å². The fourth-order valence-corrected chi connectivity index (χ4v) is 1.33. The first-order chi connectivity index (χ1) is 7.69. The smallest absolute Gasteiger partial charge is 0.161 e. The molecule has 0 fully saturated rings. The van der Waals surface area contributed by atoms with Crippen LogP contribution in [0, 0.1) is 13.8 Å². The van der Waals surface area contributed by atoms with Gasteiger partial charge in [0.15, 0.2) is 12.6 Å². The molecule has 1 rings (SSSR count). The number of carbonyl (C=O) groups is 2. The largest absolute Gasteiger partial charge is 0.297 e. The molecule has 4 heteroatoms. The van der Waals surface area contributed by atoms with Gasteiger partial charge in [-0.2, -0.15) is 0 Å². The van der Waals surface area contributed by atoms with Gasteiger partial charge in [0.1, 0.15) is 0 Å². The van der Waals surface area contributed by atoms with E-state index in [1.54, 1.807) is 6.07 Å². The molecule has 0 heterocycles. The number of hydrogen-bond acceptors (Lipinski definition) is 4. The number of rotatable bonds is 4. The zero-order chi connectivity index (χ0) is 12.0. The van der Waals surface area contributed by atoms with Crippen LogP contribution in [0.4, 0.5) is 11.4 Å². The van der Waals surface area contributed by atoms with E-state index in [0.717, 1.165) is 11.1 Å². The molecule has 0 unspecified atom stereocenters. The van der Waals surface area contributed by atoms with Gasteiger partial charge in [0.25, 0.3) is 0 Å². The zero-order valence-electron chi connectivity index (χ0n) is 9.18. The normalized spacial score (nSPS) is 11.1. The van der Waals surface area contributed by atoms with E-state index in [9.17, 15) is 9.59 Å². The standard InChI is InChI=1S/C12H12N2O2/c1-9-7-10(2)12(14-4-6-16)8-11(9)13-3-5-15/h3-8H,1-2H3. The number of aliphatic imine (C=N–C) groups is 2. The topological polar surface area (TPSA) is 58.9 Å². The molecular weight excluding hydrogens is 204 g/mol. The minimum Gasteiger partial charge on any atom is -0.297 e. The molecule has 82 valence electrons. The number of benzene rings is 1. The van der Waals surface area contributed by atoms with Gasteiger partial charge in [-0.05, 0) is 31.0 Å². The van der Waals surface area contributed by atoms with Gasteiger partial charge in [-0.15, -0.1) is 0 Å². The lowest BCUT2D eigenvalue weighted by Crippen LogP contribution is -1.82. The van der Waals surface area contributed by atoms with E-state index in [2.05, 4.69) is 9.98 Å². The van der Waals surface area contributed by atoms with E-state index < -0.39 is 0 Å². The van der Waals surface area contributed by atoms with Crippen molar-refractivity contribution in [1.82, 2.24) is 0 Å². The maximum absolute atomic E-state index is 10.2. The van der Waals surface area contributed by atoms with Gasteiger partial charge in [-0.1, -0.05) is 6.07 Å². The molecule has 0 amide bonds. The van der Waals surface area contributed by atoms with Gasteiger partial charge >= 0.3 is 0 Å². The van der Waals surface area contributed by atoms with Gasteiger partial charge in [0.05, 0.1) is 23.8 Å². The fraction of sp³-hybridized carbons (Fsp3) is 0.167. The summed E-state index contributed by atoms with van der Waals surface area (Å²) in [6, 6.07) is 3.65. The summed E-state index contributed by atoms with van der Waals surface area (Å²) in [7, 11) is 0. The number of aryl methyl sites for hydroxylation is 2. The van der Waals surface area contributed by atoms with Crippen molar-refractivity contribution in [3.63, 3.8) is 0 Å². The SMILES string of the molecule is Cc1cc(C)c(N=CC=O)cc1N=CC=O. The molecule has 4 nitrogen and oxygen atoms in total. The third-order valence-electron chi connectivity index (χ3n) is 2.06. The lowest BCUT2D eigenvalue weighted by atomic mass is 10.1. The maximum atomic E-state index is 10.2. The second kappa shape index (κ2) is 5.70. The Morgan fingerprint density at radius 1 is 0.875 bits per heavy atom. The molecular formula is C12H12N2O2. The van der Waals surface area contributed by atoms with Crippen LogP contribution >= 0.6 is 0 Å². The molecule has 0 saturated heterocycles. The minimum absolute atomic E-state index is 0.619. The average Bonchev–Trinajstić information content (AvgIpc) is 2.26. The summed E-state index contributed by atoms with van der Waals surface area (Å²) in [4.78, 5) is 28.3. The van der Waals surface area contributed by atoms with Crippen LogP contribution in [0.1, 0.15) is 11.1 Å². The molecule has 0 N–H and O–H groups in total. The quantitative estimate of drug-likeness (QED) is 0.571. The van der Waals surface area contributed by atoms with Gasteiger partial charge in [-0.25, -0.2) is 0 Å². The molecule has 0 spiro atoms. The number of aldehydes is 2. The van der Waals surface area contributed by atoms with Crippen molar-refractivity contribution in [3.05, 3.63) is 23.3 Å². The Bertz CT molecular complexity index is 423. The van der Waals surface area contributed by atoms with Crippen molar-refractivity contribution < 1.29 is 9.59 Å². The fourth-order valence-electron chi connectivity index (χ4n) is 1.33. The van der Waals surface area contributed by atoms with Crippen LogP contribution in [-0.4, -0.2) is 25.0 Å². The van der Waals surface area contributed by atoms with Crippen molar-refractivity contribution in [2.24, 2.45) is 9.98 Å². The molecule has 0 aromatic heterocycles. The van der Waals surface area contributed by atoms with Crippen LogP contribution in [0.15, 0.2) is 22.1 Å². The molecule has 0 aliphatic carbocycles. The van der Waals surface area contributed by atoms with E-state index in [4.69, 9.17) is 0 Å². The summed E-state index contributed by atoms with van der Waals surface area (Å²) in [6.45, 7) is 3.80. The molecule has 16 heavy (non-hydrogen) atoms. The van der Waals surface area contributed by atoms with Crippen molar-refractivity contribution in [2.45, 2.75) is 13.8 Å². The van der Waals surface area contributed by atoms with Crippen molar-refractivity contribution in [1.29, 1.82) is 0 Å². The lowest BCUT2D eigenvalue weighted by molar-refractivity contribution is -0.103. The zero-order valence-corrected chi connectivity index (χ0v) is 9.18. The predicted molar refractivity (Wildman–Crippen MR) is 64.3 cm³/mol.